The molecule has 0 radical (unpaired) electrons. The van der Waals surface area contributed by atoms with E-state index in [1.807, 2.05) is 19.1 Å². The Hall–Kier alpha value is -1.97. The van der Waals surface area contributed by atoms with Gasteiger partial charge in [0.1, 0.15) is 0 Å². The second-order valence-electron chi connectivity index (χ2n) is 3.70. The van der Waals surface area contributed by atoms with Crippen LogP contribution in [0.25, 0.3) is 0 Å². The lowest BCUT2D eigenvalue weighted by molar-refractivity contribution is -0.127. The van der Waals surface area contributed by atoms with Gasteiger partial charge in [-0.05, 0) is 18.6 Å². The standard InChI is InChI=1S/C14H19NO3/c1-4-10-15-14(16)11(5-2)18-13-9-7-6-8-12(13)17-3/h4,6-9,11H,1,5,10H2,2-3H3,(H,15,16)/t11-/m1/s1. The summed E-state index contributed by atoms with van der Waals surface area (Å²) in [6, 6.07) is 7.27. The van der Waals surface area contributed by atoms with Gasteiger partial charge >= 0.3 is 0 Å². The van der Waals surface area contributed by atoms with Crippen LogP contribution in [0.1, 0.15) is 13.3 Å². The Kier molecular flexibility index (Phi) is 5.77. The van der Waals surface area contributed by atoms with Gasteiger partial charge in [0, 0.05) is 6.54 Å². The predicted molar refractivity (Wildman–Crippen MR) is 70.9 cm³/mol. The van der Waals surface area contributed by atoms with Crippen molar-refractivity contribution < 1.29 is 14.3 Å². The molecule has 0 aliphatic carbocycles. The average Bonchev–Trinajstić information content (AvgIpc) is 2.42. The molecule has 1 aromatic carbocycles. The van der Waals surface area contributed by atoms with Crippen molar-refractivity contribution in [1.82, 2.24) is 5.32 Å². The number of benzene rings is 1. The summed E-state index contributed by atoms with van der Waals surface area (Å²) in [6.07, 6.45) is 1.69. The first-order valence-electron chi connectivity index (χ1n) is 5.91. The lowest BCUT2D eigenvalue weighted by atomic mass is 10.2. The summed E-state index contributed by atoms with van der Waals surface area (Å²) in [5, 5.41) is 2.72. The quantitative estimate of drug-likeness (QED) is 0.753. The number of rotatable bonds is 7. The Labute approximate surface area is 108 Å². The topological polar surface area (TPSA) is 47.6 Å². The molecule has 1 atom stereocenters. The molecule has 98 valence electrons. The molecule has 1 N–H and O–H groups in total. The molecule has 0 unspecified atom stereocenters. The van der Waals surface area contributed by atoms with Gasteiger partial charge in [0.05, 0.1) is 7.11 Å². The van der Waals surface area contributed by atoms with Gasteiger partial charge in [-0.1, -0.05) is 25.1 Å². The third-order valence-electron chi connectivity index (χ3n) is 2.42. The van der Waals surface area contributed by atoms with E-state index in [9.17, 15) is 4.79 Å². The van der Waals surface area contributed by atoms with Gasteiger partial charge in [0.2, 0.25) is 0 Å². The number of hydrogen-bond acceptors (Lipinski definition) is 3. The van der Waals surface area contributed by atoms with Crippen molar-refractivity contribution in [2.75, 3.05) is 13.7 Å². The summed E-state index contributed by atoms with van der Waals surface area (Å²) in [5.74, 6) is 1.04. The molecule has 0 saturated carbocycles. The molecule has 0 aromatic heterocycles. The monoisotopic (exact) mass is 249 g/mol. The third-order valence-corrected chi connectivity index (χ3v) is 2.42. The molecule has 0 fully saturated rings. The first-order chi connectivity index (χ1) is 8.72. The number of nitrogens with one attached hydrogen (secondary N) is 1. The number of carbonyl (C=O) groups excluding carboxylic acids is 1. The number of methoxy groups -OCH3 is 1. The van der Waals surface area contributed by atoms with Gasteiger partial charge in [0.25, 0.3) is 5.91 Å². The van der Waals surface area contributed by atoms with Crippen molar-refractivity contribution in [3.8, 4) is 11.5 Å². The molecular formula is C14H19NO3. The van der Waals surface area contributed by atoms with Gasteiger partial charge in [-0.3, -0.25) is 4.79 Å². The van der Waals surface area contributed by atoms with E-state index in [0.29, 0.717) is 24.5 Å². The smallest absolute Gasteiger partial charge is 0.261 e. The van der Waals surface area contributed by atoms with Gasteiger partial charge < -0.3 is 14.8 Å². The zero-order valence-electron chi connectivity index (χ0n) is 10.8. The Balaban J connectivity index is 2.72. The zero-order chi connectivity index (χ0) is 13.4. The number of hydrogen-bond donors (Lipinski definition) is 1. The fourth-order valence-electron chi connectivity index (χ4n) is 1.48. The van der Waals surface area contributed by atoms with E-state index in [1.165, 1.54) is 0 Å². The van der Waals surface area contributed by atoms with Crippen LogP contribution in [0.2, 0.25) is 0 Å². The molecule has 0 bridgehead atoms. The molecule has 0 heterocycles. The van der Waals surface area contributed by atoms with Crippen molar-refractivity contribution >= 4 is 5.91 Å². The van der Waals surface area contributed by atoms with E-state index < -0.39 is 6.10 Å². The molecule has 0 aliphatic heterocycles. The van der Waals surface area contributed by atoms with Gasteiger partial charge in [0.15, 0.2) is 17.6 Å². The molecule has 1 aromatic rings. The van der Waals surface area contributed by atoms with Crippen molar-refractivity contribution in [2.24, 2.45) is 0 Å². The first-order valence-corrected chi connectivity index (χ1v) is 5.91. The highest BCUT2D eigenvalue weighted by Gasteiger charge is 2.18. The maximum absolute atomic E-state index is 11.8. The number of carbonyl (C=O) groups is 1. The largest absolute Gasteiger partial charge is 0.493 e. The molecule has 18 heavy (non-hydrogen) atoms. The van der Waals surface area contributed by atoms with Crippen molar-refractivity contribution in [2.45, 2.75) is 19.4 Å². The van der Waals surface area contributed by atoms with E-state index in [1.54, 1.807) is 25.3 Å². The van der Waals surface area contributed by atoms with Crippen LogP contribution >= 0.6 is 0 Å². The van der Waals surface area contributed by atoms with Crippen molar-refractivity contribution in [3.63, 3.8) is 0 Å². The first kappa shape index (κ1) is 14.1. The van der Waals surface area contributed by atoms with E-state index in [2.05, 4.69) is 11.9 Å². The highest BCUT2D eigenvalue weighted by molar-refractivity contribution is 5.81. The van der Waals surface area contributed by atoms with E-state index >= 15 is 0 Å². The Morgan fingerprint density at radius 3 is 2.67 bits per heavy atom. The fraction of sp³-hybridized carbons (Fsp3) is 0.357. The lowest BCUT2D eigenvalue weighted by Crippen LogP contribution is -2.38. The van der Waals surface area contributed by atoms with Crippen LogP contribution in [0.4, 0.5) is 0 Å². The van der Waals surface area contributed by atoms with Crippen LogP contribution < -0.4 is 14.8 Å². The van der Waals surface area contributed by atoms with Crippen LogP contribution in [-0.4, -0.2) is 25.7 Å². The molecule has 1 rings (SSSR count). The molecule has 4 heteroatoms. The van der Waals surface area contributed by atoms with Gasteiger partial charge in [-0.25, -0.2) is 0 Å². The average molecular weight is 249 g/mol. The SMILES string of the molecule is C=CCNC(=O)[C@@H](CC)Oc1ccccc1OC. The Bertz CT molecular complexity index is 404. The maximum Gasteiger partial charge on any atom is 0.261 e. The highest BCUT2D eigenvalue weighted by Crippen LogP contribution is 2.27. The normalized spacial score (nSPS) is 11.4. The number of amides is 1. The molecular weight excluding hydrogens is 230 g/mol. The van der Waals surface area contributed by atoms with Crippen molar-refractivity contribution in [3.05, 3.63) is 36.9 Å². The second-order valence-corrected chi connectivity index (χ2v) is 3.70. The minimum absolute atomic E-state index is 0.150. The predicted octanol–water partition coefficient (Wildman–Crippen LogP) is 2.15. The van der Waals surface area contributed by atoms with E-state index in [-0.39, 0.29) is 5.91 Å². The molecule has 1 amide bonds. The summed E-state index contributed by atoms with van der Waals surface area (Å²) in [6.45, 7) is 5.89. The van der Waals surface area contributed by atoms with E-state index in [4.69, 9.17) is 9.47 Å². The summed E-state index contributed by atoms with van der Waals surface area (Å²) in [4.78, 5) is 11.8. The number of ether oxygens (including phenoxy) is 2. The van der Waals surface area contributed by atoms with Crippen molar-refractivity contribution in [1.29, 1.82) is 0 Å². The van der Waals surface area contributed by atoms with Crippen LogP contribution in [-0.2, 0) is 4.79 Å². The lowest BCUT2D eigenvalue weighted by Gasteiger charge is -2.18. The van der Waals surface area contributed by atoms with Crippen LogP contribution in [0.5, 0.6) is 11.5 Å². The minimum Gasteiger partial charge on any atom is -0.493 e. The maximum atomic E-state index is 11.8. The molecule has 0 spiro atoms. The van der Waals surface area contributed by atoms with Crippen LogP contribution in [0, 0.1) is 0 Å². The number of para-hydroxylation sites is 2. The van der Waals surface area contributed by atoms with Crippen LogP contribution in [0.15, 0.2) is 36.9 Å². The summed E-state index contributed by atoms with van der Waals surface area (Å²) in [7, 11) is 1.57. The summed E-state index contributed by atoms with van der Waals surface area (Å²) < 4.78 is 10.9. The van der Waals surface area contributed by atoms with Crippen LogP contribution in [0.3, 0.4) is 0 Å². The Morgan fingerprint density at radius 2 is 2.11 bits per heavy atom. The fourth-order valence-corrected chi connectivity index (χ4v) is 1.48. The van der Waals surface area contributed by atoms with E-state index in [0.717, 1.165) is 0 Å². The minimum atomic E-state index is -0.527. The Morgan fingerprint density at radius 1 is 1.44 bits per heavy atom. The summed E-state index contributed by atoms with van der Waals surface area (Å²) in [5.41, 5.74) is 0. The summed E-state index contributed by atoms with van der Waals surface area (Å²) >= 11 is 0. The molecule has 0 aliphatic rings. The third kappa shape index (κ3) is 3.80. The second kappa shape index (κ2) is 7.37. The zero-order valence-corrected chi connectivity index (χ0v) is 10.8. The van der Waals surface area contributed by atoms with Gasteiger partial charge in [-0.2, -0.15) is 0 Å². The highest BCUT2D eigenvalue weighted by atomic mass is 16.5. The van der Waals surface area contributed by atoms with Gasteiger partial charge in [-0.15, -0.1) is 6.58 Å². The molecule has 0 saturated heterocycles. The molecule has 4 nitrogen and oxygen atoms in total.